The third-order valence-corrected chi connectivity index (χ3v) is 2.94. The topological polar surface area (TPSA) is 77.4 Å². The van der Waals surface area contributed by atoms with E-state index in [-0.39, 0.29) is 10.6 Å². The van der Waals surface area contributed by atoms with Gasteiger partial charge in [0.15, 0.2) is 0 Å². The predicted molar refractivity (Wildman–Crippen MR) is 43.9 cm³/mol. The molecule has 1 heterocycles. The van der Waals surface area contributed by atoms with Crippen molar-refractivity contribution in [3.8, 4) is 0 Å². The molecule has 4 nitrogen and oxygen atoms in total. The maximum Gasteiger partial charge on any atom is 0.345 e. The highest BCUT2D eigenvalue weighted by atomic mass is 32.2. The second-order valence-electron chi connectivity index (χ2n) is 2.02. The molecule has 6 heteroatoms. The molecule has 1 aromatic heterocycles. The number of hydrogen-bond donors (Lipinski definition) is 1. The monoisotopic (exact) mass is 205 g/mol. The van der Waals surface area contributed by atoms with Crippen LogP contribution in [-0.4, -0.2) is 19.8 Å². The molecule has 1 aromatic rings. The maximum atomic E-state index is 10.4. The van der Waals surface area contributed by atoms with Gasteiger partial charge in [-0.3, -0.25) is 4.21 Å². The van der Waals surface area contributed by atoms with E-state index in [9.17, 15) is 13.6 Å². The first-order chi connectivity index (χ1) is 5.59. The predicted octanol–water partition coefficient (Wildman–Crippen LogP) is 0.825. The summed E-state index contributed by atoms with van der Waals surface area (Å²) in [7, 11) is 0. The van der Waals surface area contributed by atoms with E-state index in [1.54, 1.807) is 0 Å². The van der Waals surface area contributed by atoms with Crippen LogP contribution in [0, 0.1) is 0 Å². The Morgan fingerprint density at radius 3 is 2.75 bits per heavy atom. The van der Waals surface area contributed by atoms with Crippen molar-refractivity contribution in [1.29, 1.82) is 0 Å². The van der Waals surface area contributed by atoms with E-state index in [0.29, 0.717) is 4.88 Å². The van der Waals surface area contributed by atoms with Crippen LogP contribution < -0.4 is 0 Å². The summed E-state index contributed by atoms with van der Waals surface area (Å²) in [6.45, 7) is 0. The molecular weight excluding hydrogens is 200 g/mol. The molecule has 0 saturated heterocycles. The van der Waals surface area contributed by atoms with Gasteiger partial charge >= 0.3 is 5.97 Å². The number of hydrogen-bond acceptors (Lipinski definition) is 4. The first-order valence-electron chi connectivity index (χ1n) is 2.97. The zero-order valence-electron chi connectivity index (χ0n) is 5.85. The molecule has 1 rings (SSSR count). The van der Waals surface area contributed by atoms with Gasteiger partial charge in [0.1, 0.15) is 4.88 Å². The number of carboxylic acids is 1. The molecule has 0 bridgehead atoms. The number of aromatic carboxylic acids is 1. The number of thiophene rings is 1. The smallest absolute Gasteiger partial charge is 0.345 e. The van der Waals surface area contributed by atoms with Gasteiger partial charge in [0, 0.05) is 10.6 Å². The summed E-state index contributed by atoms with van der Waals surface area (Å²) >= 11 is -1.17. The normalized spacial score (nSPS) is 12.8. The lowest BCUT2D eigenvalue weighted by Gasteiger charge is -1.99. The minimum atomic E-state index is -2.15. The first kappa shape index (κ1) is 9.37. The Morgan fingerprint density at radius 2 is 2.33 bits per heavy atom. The summed E-state index contributed by atoms with van der Waals surface area (Å²) in [5.74, 6) is -1.14. The van der Waals surface area contributed by atoms with E-state index in [1.165, 1.54) is 12.1 Å². The van der Waals surface area contributed by atoms with Crippen molar-refractivity contribution in [3.63, 3.8) is 0 Å². The lowest BCUT2D eigenvalue weighted by Crippen LogP contribution is -1.91. The summed E-state index contributed by atoms with van der Waals surface area (Å²) < 4.78 is 20.4. The summed E-state index contributed by atoms with van der Waals surface area (Å²) in [6, 6.07) is 2.90. The number of rotatable bonds is 3. The molecule has 0 aliphatic rings. The van der Waals surface area contributed by atoms with E-state index in [0.717, 1.165) is 11.3 Å². The number of carbonyl (C=O) groups is 1. The molecule has 66 valence electrons. The maximum absolute atomic E-state index is 10.4. The summed E-state index contributed by atoms with van der Waals surface area (Å²) in [6.07, 6.45) is 0. The Labute approximate surface area is 75.1 Å². The average Bonchev–Trinajstić information content (AvgIpc) is 2.34. The lowest BCUT2D eigenvalue weighted by atomic mass is 10.4. The largest absolute Gasteiger partial charge is 0.772 e. The van der Waals surface area contributed by atoms with Gasteiger partial charge in [-0.05, 0) is 23.2 Å². The van der Waals surface area contributed by atoms with E-state index in [2.05, 4.69) is 0 Å². The molecule has 1 N–H and O–H groups in total. The van der Waals surface area contributed by atoms with Crippen molar-refractivity contribution in [2.24, 2.45) is 0 Å². The van der Waals surface area contributed by atoms with Crippen LogP contribution in [-0.2, 0) is 16.8 Å². The van der Waals surface area contributed by atoms with E-state index in [1.807, 2.05) is 0 Å². The van der Waals surface area contributed by atoms with E-state index in [4.69, 9.17) is 5.11 Å². The van der Waals surface area contributed by atoms with Crippen LogP contribution in [0.3, 0.4) is 0 Å². The van der Waals surface area contributed by atoms with Crippen LogP contribution in [0.4, 0.5) is 0 Å². The summed E-state index contributed by atoms with van der Waals surface area (Å²) in [5.41, 5.74) is 0. The molecule has 0 saturated carbocycles. The third kappa shape index (κ3) is 2.40. The van der Waals surface area contributed by atoms with Gasteiger partial charge in [0.25, 0.3) is 0 Å². The van der Waals surface area contributed by atoms with Crippen molar-refractivity contribution in [1.82, 2.24) is 0 Å². The van der Waals surface area contributed by atoms with Crippen molar-refractivity contribution < 1.29 is 18.7 Å². The van der Waals surface area contributed by atoms with Crippen LogP contribution in [0.2, 0.25) is 0 Å². The van der Waals surface area contributed by atoms with Gasteiger partial charge in [0.2, 0.25) is 0 Å². The molecule has 0 radical (unpaired) electrons. The second-order valence-corrected chi connectivity index (χ2v) is 4.08. The molecule has 0 fully saturated rings. The van der Waals surface area contributed by atoms with E-state index >= 15 is 0 Å². The zero-order chi connectivity index (χ0) is 9.14. The fourth-order valence-corrected chi connectivity index (χ4v) is 2.18. The van der Waals surface area contributed by atoms with Crippen molar-refractivity contribution in [2.45, 2.75) is 5.75 Å². The fourth-order valence-electron chi connectivity index (χ4n) is 0.687. The van der Waals surface area contributed by atoms with Crippen LogP contribution in [0.1, 0.15) is 14.5 Å². The third-order valence-electron chi connectivity index (χ3n) is 1.13. The molecule has 0 amide bonds. The average molecular weight is 205 g/mol. The minimum Gasteiger partial charge on any atom is -0.772 e. The molecule has 0 aromatic carbocycles. The Hall–Kier alpha value is -0.720. The van der Waals surface area contributed by atoms with Crippen LogP contribution in [0.5, 0.6) is 0 Å². The van der Waals surface area contributed by atoms with Crippen molar-refractivity contribution >= 4 is 28.4 Å². The van der Waals surface area contributed by atoms with Gasteiger partial charge in [0.05, 0.1) is 0 Å². The van der Waals surface area contributed by atoms with Crippen LogP contribution in [0.25, 0.3) is 0 Å². The summed E-state index contributed by atoms with van der Waals surface area (Å²) in [5, 5.41) is 8.49. The van der Waals surface area contributed by atoms with Crippen molar-refractivity contribution in [2.75, 3.05) is 0 Å². The first-order valence-corrected chi connectivity index (χ1v) is 5.03. The Bertz CT molecular complexity index is 317. The van der Waals surface area contributed by atoms with Crippen LogP contribution >= 0.6 is 11.3 Å². The Kier molecular flexibility index (Phi) is 2.96. The van der Waals surface area contributed by atoms with Gasteiger partial charge in [-0.15, -0.1) is 11.3 Å². The van der Waals surface area contributed by atoms with Gasteiger partial charge < -0.3 is 9.66 Å². The highest BCUT2D eigenvalue weighted by Crippen LogP contribution is 2.17. The number of carboxylic acid groups (broad SMARTS) is 1. The molecule has 0 aliphatic carbocycles. The minimum absolute atomic E-state index is 0.113. The quantitative estimate of drug-likeness (QED) is 0.741. The van der Waals surface area contributed by atoms with Gasteiger partial charge in [-0.2, -0.15) is 0 Å². The highest BCUT2D eigenvalue weighted by Gasteiger charge is 2.05. The molecule has 0 spiro atoms. The summed E-state index contributed by atoms with van der Waals surface area (Å²) in [4.78, 5) is 11.1. The molecule has 1 unspecified atom stereocenters. The van der Waals surface area contributed by atoms with Gasteiger partial charge in [-0.25, -0.2) is 4.79 Å². The SMILES string of the molecule is O=C(O)c1ccc(CS(=O)[O-])s1. The fraction of sp³-hybridized carbons (Fsp3) is 0.167. The molecule has 12 heavy (non-hydrogen) atoms. The molecule has 1 atom stereocenters. The lowest BCUT2D eigenvalue weighted by molar-refractivity contribution is 0.0702. The Balaban J connectivity index is 2.77. The highest BCUT2D eigenvalue weighted by molar-refractivity contribution is 7.78. The Morgan fingerprint density at radius 1 is 1.67 bits per heavy atom. The van der Waals surface area contributed by atoms with E-state index < -0.39 is 17.0 Å². The van der Waals surface area contributed by atoms with Crippen LogP contribution in [0.15, 0.2) is 12.1 Å². The molecule has 0 aliphatic heterocycles. The van der Waals surface area contributed by atoms with Crippen molar-refractivity contribution in [3.05, 3.63) is 21.9 Å². The zero-order valence-corrected chi connectivity index (χ0v) is 7.48. The van der Waals surface area contributed by atoms with Gasteiger partial charge in [-0.1, -0.05) is 0 Å². The molecular formula is C6H5O4S2-. The second kappa shape index (κ2) is 3.79. The standard InChI is InChI=1S/C6H6O4S2/c7-6(8)5-2-1-4(11-5)3-12(9)10/h1-2H,3H2,(H,7,8)(H,9,10)/p-1.